The standard InChI is InChI=1S/C21H18F3NO2S2/c1-13-11-17(7-8-18(13)27-10-9-26)28-12-19-14(2)25-20(29-19)15-3-5-16(6-4-15)21(22,23)24/h3-9,11H,10,12H2,1-2H3. The Hall–Kier alpha value is -2.32. The van der Waals surface area contributed by atoms with Crippen LogP contribution >= 0.6 is 23.1 Å². The van der Waals surface area contributed by atoms with Gasteiger partial charge in [-0.3, -0.25) is 4.79 Å². The predicted octanol–water partition coefficient (Wildman–Crippen LogP) is 6.32. The summed E-state index contributed by atoms with van der Waals surface area (Å²) in [7, 11) is 0. The Bertz CT molecular complexity index is 998. The average Bonchev–Trinajstić information content (AvgIpc) is 3.06. The van der Waals surface area contributed by atoms with E-state index in [2.05, 4.69) is 4.98 Å². The van der Waals surface area contributed by atoms with Gasteiger partial charge in [-0.05, 0) is 49.7 Å². The van der Waals surface area contributed by atoms with Crippen molar-refractivity contribution in [3.05, 3.63) is 64.2 Å². The molecule has 152 valence electrons. The maximum atomic E-state index is 12.7. The van der Waals surface area contributed by atoms with E-state index in [9.17, 15) is 18.0 Å². The SMILES string of the molecule is Cc1cc(SCc2sc(-c3ccc(C(F)(F)F)cc3)nc2C)ccc1OCC=O. The molecule has 0 bridgehead atoms. The normalized spacial score (nSPS) is 11.5. The van der Waals surface area contributed by atoms with Crippen molar-refractivity contribution in [2.75, 3.05) is 6.61 Å². The lowest BCUT2D eigenvalue weighted by molar-refractivity contribution is -0.137. The van der Waals surface area contributed by atoms with Crippen LogP contribution in [-0.4, -0.2) is 17.9 Å². The molecule has 8 heteroatoms. The molecule has 0 aliphatic rings. The number of aromatic nitrogens is 1. The van der Waals surface area contributed by atoms with Crippen molar-refractivity contribution in [2.24, 2.45) is 0 Å². The van der Waals surface area contributed by atoms with Crippen molar-refractivity contribution >= 4 is 29.4 Å². The Morgan fingerprint density at radius 3 is 2.48 bits per heavy atom. The van der Waals surface area contributed by atoms with Crippen molar-refractivity contribution in [2.45, 2.75) is 30.7 Å². The number of nitrogens with zero attached hydrogens (tertiary/aromatic N) is 1. The van der Waals surface area contributed by atoms with E-state index in [0.717, 1.165) is 33.2 Å². The third kappa shape index (κ3) is 5.39. The summed E-state index contributed by atoms with van der Waals surface area (Å²) >= 11 is 3.13. The van der Waals surface area contributed by atoms with Crippen molar-refractivity contribution in [1.29, 1.82) is 0 Å². The van der Waals surface area contributed by atoms with Crippen LogP contribution in [0.2, 0.25) is 0 Å². The summed E-state index contributed by atoms with van der Waals surface area (Å²) in [5, 5.41) is 0.709. The maximum Gasteiger partial charge on any atom is 0.416 e. The number of aryl methyl sites for hydroxylation is 2. The molecule has 1 aromatic heterocycles. The van der Waals surface area contributed by atoms with Crippen LogP contribution in [-0.2, 0) is 16.7 Å². The molecule has 2 aromatic carbocycles. The van der Waals surface area contributed by atoms with Crippen LogP contribution in [0.25, 0.3) is 10.6 Å². The van der Waals surface area contributed by atoms with Gasteiger partial charge in [0.2, 0.25) is 0 Å². The van der Waals surface area contributed by atoms with Crippen molar-refractivity contribution in [3.8, 4) is 16.3 Å². The number of carbonyl (C=O) groups is 1. The molecule has 0 aliphatic heterocycles. The molecule has 0 saturated heterocycles. The van der Waals surface area contributed by atoms with Gasteiger partial charge in [0, 0.05) is 21.1 Å². The zero-order chi connectivity index (χ0) is 21.0. The Kier molecular flexibility index (Phi) is 6.64. The van der Waals surface area contributed by atoms with E-state index in [1.165, 1.54) is 23.5 Å². The highest BCUT2D eigenvalue weighted by Crippen LogP contribution is 2.35. The van der Waals surface area contributed by atoms with Crippen LogP contribution < -0.4 is 4.74 Å². The van der Waals surface area contributed by atoms with E-state index in [-0.39, 0.29) is 6.61 Å². The van der Waals surface area contributed by atoms with Crippen molar-refractivity contribution in [1.82, 2.24) is 4.98 Å². The van der Waals surface area contributed by atoms with E-state index >= 15 is 0 Å². The zero-order valence-electron chi connectivity index (χ0n) is 15.7. The number of alkyl halides is 3. The van der Waals surface area contributed by atoms with E-state index in [4.69, 9.17) is 4.74 Å². The van der Waals surface area contributed by atoms with Crippen LogP contribution in [0.1, 0.15) is 21.7 Å². The van der Waals surface area contributed by atoms with E-state index in [1.54, 1.807) is 11.8 Å². The number of aldehydes is 1. The number of thiazole rings is 1. The monoisotopic (exact) mass is 437 g/mol. The zero-order valence-corrected chi connectivity index (χ0v) is 17.4. The van der Waals surface area contributed by atoms with Crippen LogP contribution in [0.5, 0.6) is 5.75 Å². The summed E-state index contributed by atoms with van der Waals surface area (Å²) < 4.78 is 43.5. The molecular weight excluding hydrogens is 419 g/mol. The van der Waals surface area contributed by atoms with Gasteiger partial charge in [-0.2, -0.15) is 13.2 Å². The second-order valence-corrected chi connectivity index (χ2v) is 8.43. The molecule has 3 aromatic rings. The molecule has 0 amide bonds. The second kappa shape index (κ2) is 9.00. The molecular formula is C21H18F3NO2S2. The summed E-state index contributed by atoms with van der Waals surface area (Å²) in [5.74, 6) is 1.39. The molecule has 0 aliphatic carbocycles. The number of carbonyl (C=O) groups excluding carboxylic acids is 1. The van der Waals surface area contributed by atoms with E-state index in [1.807, 2.05) is 32.0 Å². The van der Waals surface area contributed by atoms with Gasteiger partial charge in [0.05, 0.1) is 11.3 Å². The molecule has 3 nitrogen and oxygen atoms in total. The number of rotatable bonds is 7. The van der Waals surface area contributed by atoms with E-state index in [0.29, 0.717) is 28.4 Å². The van der Waals surface area contributed by atoms with E-state index < -0.39 is 11.7 Å². The molecule has 3 rings (SSSR count). The fraction of sp³-hybridized carbons (Fsp3) is 0.238. The molecule has 0 fully saturated rings. The van der Waals surface area contributed by atoms with Gasteiger partial charge in [0.25, 0.3) is 0 Å². The molecule has 0 atom stereocenters. The van der Waals surface area contributed by atoms with Gasteiger partial charge in [0.15, 0.2) is 6.29 Å². The van der Waals surface area contributed by atoms with Gasteiger partial charge in [0.1, 0.15) is 17.4 Å². The first kappa shape index (κ1) is 21.4. The lowest BCUT2D eigenvalue weighted by atomic mass is 10.1. The second-order valence-electron chi connectivity index (χ2n) is 6.30. The molecule has 0 radical (unpaired) electrons. The molecule has 0 spiro atoms. The number of halogens is 3. The lowest BCUT2D eigenvalue weighted by Gasteiger charge is -2.08. The lowest BCUT2D eigenvalue weighted by Crippen LogP contribution is -2.03. The fourth-order valence-electron chi connectivity index (χ4n) is 2.63. The largest absolute Gasteiger partial charge is 0.486 e. The highest BCUT2D eigenvalue weighted by atomic mass is 32.2. The highest BCUT2D eigenvalue weighted by Gasteiger charge is 2.30. The average molecular weight is 438 g/mol. The predicted molar refractivity (Wildman–Crippen MR) is 110 cm³/mol. The summed E-state index contributed by atoms with van der Waals surface area (Å²) in [6.45, 7) is 3.85. The maximum absolute atomic E-state index is 12.7. The van der Waals surface area contributed by atoms with Crippen LogP contribution in [0, 0.1) is 13.8 Å². The Labute approximate surface area is 174 Å². The fourth-order valence-corrected chi connectivity index (χ4v) is 4.84. The van der Waals surface area contributed by atoms with Gasteiger partial charge >= 0.3 is 6.18 Å². The van der Waals surface area contributed by atoms with Crippen LogP contribution in [0.15, 0.2) is 47.4 Å². The van der Waals surface area contributed by atoms with Crippen molar-refractivity contribution < 1.29 is 22.7 Å². The number of ether oxygens (including phenoxy) is 1. The summed E-state index contributed by atoms with van der Waals surface area (Å²) in [5.41, 5.74) is 1.83. The summed E-state index contributed by atoms with van der Waals surface area (Å²) in [6, 6.07) is 10.9. The Morgan fingerprint density at radius 2 is 1.86 bits per heavy atom. The molecule has 29 heavy (non-hydrogen) atoms. The minimum atomic E-state index is -4.34. The molecule has 0 saturated carbocycles. The highest BCUT2D eigenvalue weighted by molar-refractivity contribution is 7.98. The van der Waals surface area contributed by atoms with Crippen molar-refractivity contribution in [3.63, 3.8) is 0 Å². The van der Waals surface area contributed by atoms with Crippen LogP contribution in [0.3, 0.4) is 0 Å². The first-order valence-corrected chi connectivity index (χ1v) is 10.5. The minimum Gasteiger partial charge on any atom is -0.486 e. The minimum absolute atomic E-state index is 0.0279. The first-order valence-electron chi connectivity index (χ1n) is 8.71. The topological polar surface area (TPSA) is 39.2 Å². The number of thioether (sulfide) groups is 1. The summed E-state index contributed by atoms with van der Waals surface area (Å²) in [4.78, 5) is 17.1. The third-order valence-corrected chi connectivity index (χ3v) is 6.58. The number of hydrogen-bond acceptors (Lipinski definition) is 5. The smallest absolute Gasteiger partial charge is 0.416 e. The molecule has 0 unspecified atom stereocenters. The summed E-state index contributed by atoms with van der Waals surface area (Å²) in [6.07, 6.45) is -3.63. The number of benzene rings is 2. The van der Waals surface area contributed by atoms with Gasteiger partial charge in [-0.15, -0.1) is 23.1 Å². The Balaban J connectivity index is 1.69. The van der Waals surface area contributed by atoms with Gasteiger partial charge in [-0.25, -0.2) is 4.98 Å². The molecule has 0 N–H and O–H groups in total. The molecule has 1 heterocycles. The Morgan fingerprint density at radius 1 is 1.14 bits per heavy atom. The van der Waals surface area contributed by atoms with Crippen LogP contribution in [0.4, 0.5) is 13.2 Å². The first-order chi connectivity index (χ1) is 13.8. The quantitative estimate of drug-likeness (QED) is 0.320. The van der Waals surface area contributed by atoms with Gasteiger partial charge in [-0.1, -0.05) is 12.1 Å². The van der Waals surface area contributed by atoms with Gasteiger partial charge < -0.3 is 4.74 Å². The third-order valence-electron chi connectivity index (χ3n) is 4.18. The number of hydrogen-bond donors (Lipinski definition) is 0.